The third-order valence-corrected chi connectivity index (χ3v) is 4.78. The molecule has 8 heteroatoms. The van der Waals surface area contributed by atoms with Crippen LogP contribution in [0.5, 0.6) is 0 Å². The zero-order chi connectivity index (χ0) is 19.4. The first-order valence-electron chi connectivity index (χ1n) is 8.99. The lowest BCUT2D eigenvalue weighted by molar-refractivity contribution is 0.0678. The summed E-state index contributed by atoms with van der Waals surface area (Å²) in [5.74, 6) is 0.328. The fourth-order valence-electron chi connectivity index (χ4n) is 3.19. The van der Waals surface area contributed by atoms with E-state index in [9.17, 15) is 15.2 Å². The van der Waals surface area contributed by atoms with E-state index in [1.165, 1.54) is 0 Å². The van der Waals surface area contributed by atoms with E-state index in [4.69, 9.17) is 4.74 Å². The second-order valence-electron chi connectivity index (χ2n) is 6.37. The summed E-state index contributed by atoms with van der Waals surface area (Å²) in [5, 5.41) is 20.3. The van der Waals surface area contributed by atoms with Gasteiger partial charge in [0, 0.05) is 26.2 Å². The summed E-state index contributed by atoms with van der Waals surface area (Å²) in [4.78, 5) is 23.0. The maximum atomic E-state index is 11.8. The topological polar surface area (TPSA) is 105 Å². The lowest BCUT2D eigenvalue weighted by Gasteiger charge is -2.37. The first-order valence-corrected chi connectivity index (χ1v) is 8.99. The molecular formula is C19H23N5O3. The van der Waals surface area contributed by atoms with Crippen molar-refractivity contribution in [3.63, 3.8) is 0 Å². The molecule has 0 aliphatic carbocycles. The van der Waals surface area contributed by atoms with Crippen molar-refractivity contribution in [1.29, 1.82) is 5.26 Å². The SMILES string of the molecule is CCOC(=O)N1CCN([C@@H](C)/C(O)=C(\C#N)c2nc3ccccc3[nH]2)CC1. The van der Waals surface area contributed by atoms with Crippen LogP contribution in [0.3, 0.4) is 0 Å². The average molecular weight is 369 g/mol. The molecule has 0 bridgehead atoms. The number of allylic oxidation sites excluding steroid dienone is 1. The number of imidazole rings is 1. The number of carbonyl (C=O) groups excluding carboxylic acids is 1. The number of nitrogens with zero attached hydrogens (tertiary/aromatic N) is 4. The summed E-state index contributed by atoms with van der Waals surface area (Å²) in [6.45, 7) is 6.18. The van der Waals surface area contributed by atoms with E-state index < -0.39 is 0 Å². The molecule has 0 radical (unpaired) electrons. The highest BCUT2D eigenvalue weighted by Gasteiger charge is 2.28. The van der Waals surface area contributed by atoms with Gasteiger partial charge in [-0.2, -0.15) is 5.26 Å². The third-order valence-electron chi connectivity index (χ3n) is 4.78. The Balaban J connectivity index is 1.75. The highest BCUT2D eigenvalue weighted by atomic mass is 16.6. The first-order chi connectivity index (χ1) is 13.0. The Morgan fingerprint density at radius 2 is 2.07 bits per heavy atom. The summed E-state index contributed by atoms with van der Waals surface area (Å²) in [5.41, 5.74) is 1.68. The summed E-state index contributed by atoms with van der Waals surface area (Å²) >= 11 is 0. The average Bonchev–Trinajstić information content (AvgIpc) is 3.12. The van der Waals surface area contributed by atoms with Gasteiger partial charge in [0.25, 0.3) is 0 Å². The van der Waals surface area contributed by atoms with Gasteiger partial charge in [0.15, 0.2) is 5.82 Å². The van der Waals surface area contributed by atoms with Gasteiger partial charge in [-0.3, -0.25) is 4.90 Å². The first kappa shape index (κ1) is 18.7. The number of H-pyrrole nitrogens is 1. The normalized spacial score (nSPS) is 17.3. The van der Waals surface area contributed by atoms with Gasteiger partial charge in [-0.05, 0) is 26.0 Å². The quantitative estimate of drug-likeness (QED) is 0.634. The summed E-state index contributed by atoms with van der Waals surface area (Å²) in [6, 6.07) is 9.17. The fraction of sp³-hybridized carbons (Fsp3) is 0.421. The molecule has 0 spiro atoms. The third kappa shape index (κ3) is 3.88. The van der Waals surface area contributed by atoms with Gasteiger partial charge < -0.3 is 19.7 Å². The van der Waals surface area contributed by atoms with Crippen molar-refractivity contribution in [1.82, 2.24) is 19.8 Å². The zero-order valence-corrected chi connectivity index (χ0v) is 15.5. The van der Waals surface area contributed by atoms with Gasteiger partial charge in [-0.25, -0.2) is 9.78 Å². The van der Waals surface area contributed by atoms with Crippen molar-refractivity contribution in [2.75, 3.05) is 32.8 Å². The van der Waals surface area contributed by atoms with E-state index in [0.717, 1.165) is 11.0 Å². The summed E-state index contributed by atoms with van der Waals surface area (Å²) in [6.07, 6.45) is -0.315. The number of aliphatic hydroxyl groups is 1. The number of fused-ring (bicyclic) bond motifs is 1. The van der Waals surface area contributed by atoms with Gasteiger partial charge in [-0.15, -0.1) is 0 Å². The van der Waals surface area contributed by atoms with Crippen LogP contribution in [0.1, 0.15) is 19.7 Å². The molecule has 1 aromatic carbocycles. The van der Waals surface area contributed by atoms with Gasteiger partial charge in [-0.1, -0.05) is 12.1 Å². The number of benzene rings is 1. The van der Waals surface area contributed by atoms with Crippen LogP contribution in [0.25, 0.3) is 16.6 Å². The predicted octanol–water partition coefficient (Wildman–Crippen LogP) is 2.52. The molecule has 1 aromatic heterocycles. The second-order valence-corrected chi connectivity index (χ2v) is 6.37. The molecule has 2 heterocycles. The molecular weight excluding hydrogens is 346 g/mol. The van der Waals surface area contributed by atoms with Crippen LogP contribution in [0.15, 0.2) is 30.0 Å². The van der Waals surface area contributed by atoms with Crippen molar-refractivity contribution in [2.24, 2.45) is 0 Å². The molecule has 142 valence electrons. The number of aromatic nitrogens is 2. The van der Waals surface area contributed by atoms with Gasteiger partial charge in [0.05, 0.1) is 23.7 Å². The van der Waals surface area contributed by atoms with Crippen LogP contribution in [0, 0.1) is 11.3 Å². The van der Waals surface area contributed by atoms with Crippen LogP contribution in [-0.4, -0.2) is 69.8 Å². The van der Waals surface area contributed by atoms with E-state index in [2.05, 4.69) is 16.0 Å². The minimum atomic E-state index is -0.364. The number of hydrogen-bond acceptors (Lipinski definition) is 6. The number of hydrogen-bond donors (Lipinski definition) is 2. The van der Waals surface area contributed by atoms with Crippen LogP contribution in [0.4, 0.5) is 4.79 Å². The molecule has 0 unspecified atom stereocenters. The standard InChI is InChI=1S/C19H23N5O3/c1-3-27-19(26)24-10-8-23(9-11-24)13(2)17(25)14(12-20)18-21-15-6-4-5-7-16(15)22-18/h4-7,13,25H,3,8-11H2,1-2H3,(H,21,22)/b17-14-/t13-/m0/s1. The number of aromatic amines is 1. The lowest BCUT2D eigenvalue weighted by Crippen LogP contribution is -2.51. The van der Waals surface area contributed by atoms with Crippen LogP contribution < -0.4 is 0 Å². The predicted molar refractivity (Wildman–Crippen MR) is 101 cm³/mol. The van der Waals surface area contributed by atoms with E-state index >= 15 is 0 Å². The fourth-order valence-corrected chi connectivity index (χ4v) is 3.19. The number of nitrogens with one attached hydrogen (secondary N) is 1. The van der Waals surface area contributed by atoms with Crippen molar-refractivity contribution in [3.8, 4) is 6.07 Å². The molecule has 8 nitrogen and oxygen atoms in total. The second kappa shape index (κ2) is 8.10. The molecule has 3 rings (SSSR count). The van der Waals surface area contributed by atoms with E-state index in [1.807, 2.05) is 36.1 Å². The van der Waals surface area contributed by atoms with Gasteiger partial charge >= 0.3 is 6.09 Å². The molecule has 1 saturated heterocycles. The van der Waals surface area contributed by atoms with E-state index in [-0.39, 0.29) is 23.5 Å². The molecule has 1 atom stereocenters. The van der Waals surface area contributed by atoms with Gasteiger partial charge in [0.2, 0.25) is 0 Å². The number of ether oxygens (including phenoxy) is 1. The Hall–Kier alpha value is -3.05. The maximum Gasteiger partial charge on any atom is 0.409 e. The van der Waals surface area contributed by atoms with Crippen molar-refractivity contribution in [3.05, 3.63) is 35.8 Å². The Labute approximate surface area is 157 Å². The van der Waals surface area contributed by atoms with E-state index in [1.54, 1.807) is 11.8 Å². The molecule has 1 amide bonds. The Kier molecular flexibility index (Phi) is 5.62. The van der Waals surface area contributed by atoms with Crippen LogP contribution >= 0.6 is 0 Å². The molecule has 2 aromatic rings. The van der Waals surface area contributed by atoms with Crippen molar-refractivity contribution in [2.45, 2.75) is 19.9 Å². The molecule has 2 N–H and O–H groups in total. The van der Waals surface area contributed by atoms with Crippen LogP contribution in [-0.2, 0) is 4.74 Å². The molecule has 1 aliphatic heterocycles. The van der Waals surface area contributed by atoms with Crippen molar-refractivity contribution >= 4 is 22.7 Å². The highest BCUT2D eigenvalue weighted by molar-refractivity contribution is 5.83. The minimum absolute atomic E-state index is 0.0267. The monoisotopic (exact) mass is 369 g/mol. The zero-order valence-electron chi connectivity index (χ0n) is 15.5. The Bertz CT molecular complexity index is 857. The largest absolute Gasteiger partial charge is 0.509 e. The van der Waals surface area contributed by atoms with Crippen molar-refractivity contribution < 1.29 is 14.6 Å². The highest BCUT2D eigenvalue weighted by Crippen LogP contribution is 2.22. The maximum absolute atomic E-state index is 11.8. The summed E-state index contributed by atoms with van der Waals surface area (Å²) in [7, 11) is 0. The summed E-state index contributed by atoms with van der Waals surface area (Å²) < 4.78 is 5.02. The number of nitriles is 1. The number of amides is 1. The molecule has 1 aliphatic rings. The van der Waals surface area contributed by atoms with Crippen LogP contribution in [0.2, 0.25) is 0 Å². The minimum Gasteiger partial charge on any atom is -0.509 e. The smallest absolute Gasteiger partial charge is 0.409 e. The van der Waals surface area contributed by atoms with Gasteiger partial charge in [0.1, 0.15) is 17.4 Å². The molecule has 1 fully saturated rings. The Morgan fingerprint density at radius 1 is 1.37 bits per heavy atom. The number of piperazine rings is 1. The number of aliphatic hydroxyl groups excluding tert-OH is 1. The van der Waals surface area contributed by atoms with E-state index in [0.29, 0.717) is 38.6 Å². The Morgan fingerprint density at radius 3 is 2.70 bits per heavy atom. The molecule has 27 heavy (non-hydrogen) atoms. The lowest BCUT2D eigenvalue weighted by atomic mass is 10.1. The molecule has 0 saturated carbocycles. The number of para-hydroxylation sites is 2. The number of carbonyl (C=O) groups is 1. The number of rotatable bonds is 4.